The Labute approximate surface area is 508 Å². The van der Waals surface area contributed by atoms with Gasteiger partial charge in [-0.3, -0.25) is 24.1 Å². The molecule has 0 radical (unpaired) electrons. The van der Waals surface area contributed by atoms with Crippen LogP contribution in [0, 0.1) is 46.3 Å². The fourth-order valence-electron chi connectivity index (χ4n) is 11.4. The number of ether oxygens (including phenoxy) is 3. The molecule has 11 rings (SSSR count). The van der Waals surface area contributed by atoms with Crippen molar-refractivity contribution in [2.75, 3.05) is 30.1 Å². The van der Waals surface area contributed by atoms with Crippen LogP contribution in [0.3, 0.4) is 0 Å². The fraction of sp³-hybridized carbons (Fsp3) is 0.375. The molecule has 2 N–H and O–H groups in total. The first kappa shape index (κ1) is 61.4. The number of amides is 1. The molecule has 2 saturated carbocycles. The molecule has 20 nitrogen and oxygen atoms in total. The summed E-state index contributed by atoms with van der Waals surface area (Å²) in [5, 5.41) is 12.2. The molecule has 1 aliphatic heterocycles. The number of anilines is 2. The number of nitrogens with one attached hydrogen (secondary N) is 2. The monoisotopic (exact) mass is 1190 g/mol. The maximum absolute atomic E-state index is 14.0. The minimum absolute atomic E-state index is 0.0739. The Morgan fingerprint density at radius 1 is 0.709 bits per heavy atom. The van der Waals surface area contributed by atoms with E-state index < -0.39 is 11.0 Å². The minimum Gasteiger partial charge on any atom is -0.493 e. The number of hydrogen-bond acceptors (Lipinski definition) is 14. The highest BCUT2D eigenvalue weighted by molar-refractivity contribution is 7.81. The third-order valence-electron chi connectivity index (χ3n) is 15.9. The number of benzene rings is 4. The average Bonchev–Trinajstić information content (AvgIpc) is 1.59. The predicted molar refractivity (Wildman–Crippen MR) is 339 cm³/mol. The van der Waals surface area contributed by atoms with Crippen LogP contribution in [0.25, 0.3) is 43.5 Å². The van der Waals surface area contributed by atoms with Gasteiger partial charge in [0.15, 0.2) is 39.2 Å². The third kappa shape index (κ3) is 11.7. The number of imidazole rings is 2. The van der Waals surface area contributed by atoms with Gasteiger partial charge in [-0.1, -0.05) is 38.5 Å². The second kappa shape index (κ2) is 26.0. The van der Waals surface area contributed by atoms with E-state index in [1.54, 1.807) is 38.2 Å². The first-order chi connectivity index (χ1) is 41.4. The van der Waals surface area contributed by atoms with Crippen molar-refractivity contribution >= 4 is 86.1 Å². The fourth-order valence-corrected chi connectivity index (χ4v) is 12.0. The van der Waals surface area contributed by atoms with Crippen molar-refractivity contribution in [3.05, 3.63) is 156 Å². The van der Waals surface area contributed by atoms with Gasteiger partial charge in [-0.25, -0.2) is 28.7 Å². The molecule has 2 aliphatic carbocycles. The van der Waals surface area contributed by atoms with Gasteiger partial charge < -0.3 is 29.1 Å². The lowest BCUT2D eigenvalue weighted by atomic mass is 9.65. The summed E-state index contributed by atoms with van der Waals surface area (Å²) in [6, 6.07) is 22.0. The SMILES string of the molecule is CCCc1nc(C)c2c(=O)[nH]c(-c3cc(CC4(C(=O)OC)CCC4)ccc3OCC)nn12.[C-]#[N+]c1ccc(N2C(=O)C3(CCC3)N(c3ccc(OCC)c(-c4nn5c(CCC)nc(C)c5c(=O)[nH]4)c3)C2=S)cc1C.[C-]#[N+]c1ccc(N=C=S)cc1C. The van der Waals surface area contributed by atoms with E-state index in [0.717, 1.165) is 79.0 Å². The molecule has 8 aromatic rings. The zero-order valence-corrected chi connectivity index (χ0v) is 51.3. The van der Waals surface area contributed by atoms with Gasteiger partial charge in [0.05, 0.1) is 72.2 Å². The van der Waals surface area contributed by atoms with Crippen LogP contribution in [0.15, 0.2) is 87.4 Å². The van der Waals surface area contributed by atoms with Gasteiger partial charge in [0.1, 0.15) is 28.7 Å². The number of aliphatic imine (C=N–C) groups is 1. The topological polar surface area (TPSA) is 215 Å². The van der Waals surface area contributed by atoms with Crippen LogP contribution >= 0.6 is 24.4 Å². The Morgan fingerprint density at radius 2 is 1.23 bits per heavy atom. The number of thiocarbonyl (C=S) groups is 2. The molecule has 86 heavy (non-hydrogen) atoms. The highest BCUT2D eigenvalue weighted by Crippen LogP contribution is 2.50. The van der Waals surface area contributed by atoms with Crippen LogP contribution in [0.2, 0.25) is 0 Å². The summed E-state index contributed by atoms with van der Waals surface area (Å²) >= 11 is 10.4. The van der Waals surface area contributed by atoms with Crippen LogP contribution < -0.4 is 30.4 Å². The lowest BCUT2D eigenvalue weighted by Gasteiger charge is -2.43. The number of isothiocyanates is 1. The van der Waals surface area contributed by atoms with Crippen LogP contribution in [0.1, 0.15) is 119 Å². The number of aromatic amines is 2. The van der Waals surface area contributed by atoms with E-state index in [4.69, 9.17) is 49.8 Å². The maximum atomic E-state index is 14.0. The minimum atomic E-state index is -0.797. The normalized spacial score (nSPS) is 14.5. The number of hydrogen-bond donors (Lipinski definition) is 2. The smallest absolute Gasteiger partial charge is 0.312 e. The molecule has 442 valence electrons. The molecule has 0 atom stereocenters. The second-order valence-corrected chi connectivity index (χ2v) is 22.1. The summed E-state index contributed by atoms with van der Waals surface area (Å²) in [6.45, 7) is 30.4. The number of rotatable bonds is 16. The van der Waals surface area contributed by atoms with Gasteiger partial charge in [0.2, 0.25) is 0 Å². The van der Waals surface area contributed by atoms with Gasteiger partial charge in [-0.2, -0.15) is 4.99 Å². The van der Waals surface area contributed by atoms with Gasteiger partial charge in [0.25, 0.3) is 17.0 Å². The number of nitrogens with zero attached hydrogens (tertiary/aromatic N) is 11. The number of esters is 1. The quantitative estimate of drug-likeness (QED) is 0.0398. The highest BCUT2D eigenvalue weighted by atomic mass is 32.1. The molecule has 0 bridgehead atoms. The maximum Gasteiger partial charge on any atom is 0.312 e. The van der Waals surface area contributed by atoms with Crippen LogP contribution in [0.5, 0.6) is 11.5 Å². The van der Waals surface area contributed by atoms with Crippen LogP contribution in [-0.2, 0) is 33.6 Å². The Balaban J connectivity index is 0.000000177. The van der Waals surface area contributed by atoms with E-state index in [9.17, 15) is 19.2 Å². The lowest BCUT2D eigenvalue weighted by Crippen LogP contribution is -2.55. The van der Waals surface area contributed by atoms with Crippen molar-refractivity contribution in [1.82, 2.24) is 39.2 Å². The molecule has 4 aromatic carbocycles. The first-order valence-electron chi connectivity index (χ1n) is 28.8. The standard InChI is InChI=1S/C31H31N7O3S.C24H30N4O4.C9H6N2S/c1-6-9-25-33-19(4)26-28(39)34-27(35-38(25)26)22-17-21(11-13-24(22)41-7-2)37-30(42)36(29(40)31(37)14-8-15-31)20-10-12-23(32-5)18(3)16-20;1-5-8-19-25-15(3)20-22(29)26-21(27-28(19)20)17-13-16(9-10-18(17)32-6-2)14-24(11-7-12-24)23(30)31-4;1-7-5-8(11-6-12)3-4-9(7)10-2/h10-13,16-17H,6-9,14-15H2,1-4H3,(H,34,35,39);9-10,13H,5-8,11-12,14H2,1-4H3,(H,26,27,29);3-5H,1H3. The number of fused-ring (bicyclic) bond motifs is 2. The van der Waals surface area contributed by atoms with Crippen LogP contribution in [-0.4, -0.2) is 87.2 Å². The molecular formula is C64H67N13O7S2. The Bertz CT molecular complexity index is 4230. The molecule has 1 saturated heterocycles. The van der Waals surface area contributed by atoms with E-state index >= 15 is 0 Å². The van der Waals surface area contributed by atoms with Gasteiger partial charge >= 0.3 is 5.97 Å². The first-order valence-corrected chi connectivity index (χ1v) is 29.6. The van der Waals surface area contributed by atoms with Crippen molar-refractivity contribution in [3.8, 4) is 34.3 Å². The number of carbonyl (C=O) groups is 2. The lowest BCUT2D eigenvalue weighted by molar-refractivity contribution is -0.158. The van der Waals surface area contributed by atoms with Crippen molar-refractivity contribution < 1.29 is 23.8 Å². The van der Waals surface area contributed by atoms with Gasteiger partial charge in [-0.05, 0) is 189 Å². The molecule has 0 unspecified atom stereocenters. The Hall–Kier alpha value is -9.21. The van der Waals surface area contributed by atoms with E-state index in [2.05, 4.69) is 65.8 Å². The molecule has 3 aliphatic rings. The van der Waals surface area contributed by atoms with Crippen molar-refractivity contribution in [3.63, 3.8) is 0 Å². The predicted octanol–water partition coefficient (Wildman–Crippen LogP) is 12.6. The molecule has 5 heterocycles. The number of carbonyl (C=O) groups excluding carboxylic acids is 2. The van der Waals surface area contributed by atoms with E-state index in [1.165, 1.54) is 7.11 Å². The van der Waals surface area contributed by atoms with Crippen molar-refractivity contribution in [2.45, 2.75) is 132 Å². The van der Waals surface area contributed by atoms with Crippen LogP contribution in [0.4, 0.5) is 28.4 Å². The van der Waals surface area contributed by atoms with E-state index in [0.29, 0.717) is 123 Å². The molecule has 1 amide bonds. The third-order valence-corrected chi connectivity index (χ3v) is 16.4. The molecule has 3 fully saturated rings. The zero-order valence-electron chi connectivity index (χ0n) is 49.7. The number of methoxy groups -OCH3 is 1. The molecular weight excluding hydrogens is 1130 g/mol. The Morgan fingerprint density at radius 3 is 1.70 bits per heavy atom. The van der Waals surface area contributed by atoms with Crippen molar-refractivity contribution in [1.29, 1.82) is 0 Å². The van der Waals surface area contributed by atoms with E-state index in [-0.39, 0.29) is 23.0 Å². The number of aryl methyl sites for hydroxylation is 6. The molecule has 4 aromatic heterocycles. The largest absolute Gasteiger partial charge is 0.493 e. The van der Waals surface area contributed by atoms with Gasteiger partial charge in [0, 0.05) is 24.2 Å². The number of H-pyrrole nitrogens is 2. The van der Waals surface area contributed by atoms with Crippen molar-refractivity contribution in [2.24, 2.45) is 10.4 Å². The van der Waals surface area contributed by atoms with Gasteiger partial charge in [-0.15, -0.1) is 10.2 Å². The summed E-state index contributed by atoms with van der Waals surface area (Å²) in [5.74, 6) is 3.20. The summed E-state index contributed by atoms with van der Waals surface area (Å²) < 4.78 is 20.2. The summed E-state index contributed by atoms with van der Waals surface area (Å²) in [5.41, 5.74) is 7.63. The summed E-state index contributed by atoms with van der Waals surface area (Å²) in [6.07, 6.45) is 8.65. The average molecular weight is 1190 g/mol. The molecule has 22 heteroatoms. The molecule has 1 spiro atoms. The van der Waals surface area contributed by atoms with E-state index in [1.807, 2.05) is 95.0 Å². The highest BCUT2D eigenvalue weighted by Gasteiger charge is 2.59. The Kier molecular flexibility index (Phi) is 18.5. The summed E-state index contributed by atoms with van der Waals surface area (Å²) in [4.78, 5) is 81.8. The summed E-state index contributed by atoms with van der Waals surface area (Å²) in [7, 11) is 1.44. The zero-order chi connectivity index (χ0) is 61.6. The second-order valence-electron chi connectivity index (χ2n) is 21.5. The number of aromatic nitrogens is 8.